The van der Waals surface area contributed by atoms with Gasteiger partial charge in [-0.2, -0.15) is 0 Å². The molecule has 29 heavy (non-hydrogen) atoms. The fourth-order valence-electron chi connectivity index (χ4n) is 5.42. The van der Waals surface area contributed by atoms with Crippen LogP contribution in [0.3, 0.4) is 0 Å². The zero-order valence-corrected chi connectivity index (χ0v) is 18.0. The molecule has 2 fully saturated rings. The highest BCUT2D eigenvalue weighted by Crippen LogP contribution is 2.50. The molecule has 0 amide bonds. The average molecular weight is 410 g/mol. The van der Waals surface area contributed by atoms with Gasteiger partial charge in [-0.15, -0.1) is 0 Å². The van der Waals surface area contributed by atoms with Gasteiger partial charge in [-0.25, -0.2) is 0 Å². The first-order valence-electron chi connectivity index (χ1n) is 10.6. The predicted molar refractivity (Wildman–Crippen MR) is 117 cm³/mol. The summed E-state index contributed by atoms with van der Waals surface area (Å²) in [5.41, 5.74) is 2.92. The summed E-state index contributed by atoms with van der Waals surface area (Å²) in [6.07, 6.45) is 8.29. The number of nitrogens with zero attached hydrogens (tertiary/aromatic N) is 1. The van der Waals surface area contributed by atoms with Crippen molar-refractivity contribution in [2.75, 3.05) is 0 Å². The van der Waals surface area contributed by atoms with Crippen molar-refractivity contribution in [2.45, 2.75) is 39.7 Å². The molecule has 0 bridgehead atoms. The first-order valence-corrected chi connectivity index (χ1v) is 11.0. The van der Waals surface area contributed by atoms with Gasteiger partial charge in [-0.05, 0) is 49.3 Å². The number of hydrogen-bond donors (Lipinski definition) is 0. The predicted octanol–water partition coefficient (Wildman–Crippen LogP) is 6.28. The molecule has 0 spiro atoms. The van der Waals surface area contributed by atoms with Crippen LogP contribution >= 0.6 is 11.6 Å². The molecule has 2 aliphatic rings. The maximum absolute atomic E-state index is 12.3. The molecular formula is C25H28ClNO2. The SMILES string of the molecule is CC[C@H]1[C@H](/C=C/c2ccc(-c3ccccc3Cl)cn2)[C@@H]2[C@@H](C)OC(=O)[C@@H]2C[C@@H]1C. The van der Waals surface area contributed by atoms with Crippen molar-refractivity contribution < 1.29 is 9.53 Å². The Morgan fingerprint density at radius 3 is 2.69 bits per heavy atom. The smallest absolute Gasteiger partial charge is 0.309 e. The lowest BCUT2D eigenvalue weighted by molar-refractivity contribution is -0.144. The summed E-state index contributed by atoms with van der Waals surface area (Å²) in [6.45, 7) is 6.57. The first kappa shape index (κ1) is 20.2. The van der Waals surface area contributed by atoms with Gasteiger partial charge in [0.05, 0.1) is 11.6 Å². The van der Waals surface area contributed by atoms with E-state index in [2.05, 4.69) is 37.0 Å². The lowest BCUT2D eigenvalue weighted by Gasteiger charge is -2.41. The Morgan fingerprint density at radius 1 is 1.21 bits per heavy atom. The fraction of sp³-hybridized carbons (Fsp3) is 0.440. The van der Waals surface area contributed by atoms with Crippen LogP contribution in [0, 0.1) is 29.6 Å². The van der Waals surface area contributed by atoms with E-state index in [1.54, 1.807) is 0 Å². The van der Waals surface area contributed by atoms with Gasteiger partial charge < -0.3 is 4.74 Å². The molecule has 2 heterocycles. The van der Waals surface area contributed by atoms with Crippen molar-refractivity contribution in [1.29, 1.82) is 0 Å². The first-order chi connectivity index (χ1) is 14.0. The summed E-state index contributed by atoms with van der Waals surface area (Å²) in [7, 11) is 0. The van der Waals surface area contributed by atoms with Gasteiger partial charge in [0, 0.05) is 28.3 Å². The Bertz CT molecular complexity index is 907. The molecule has 152 valence electrons. The van der Waals surface area contributed by atoms with Gasteiger partial charge >= 0.3 is 5.97 Å². The molecule has 1 saturated heterocycles. The van der Waals surface area contributed by atoms with Crippen LogP contribution in [0.2, 0.25) is 5.02 Å². The molecule has 0 N–H and O–H groups in total. The Morgan fingerprint density at radius 2 is 2.00 bits per heavy atom. The monoisotopic (exact) mass is 409 g/mol. The summed E-state index contributed by atoms with van der Waals surface area (Å²) in [5, 5.41) is 0.727. The molecule has 3 nitrogen and oxygen atoms in total. The average Bonchev–Trinajstić information content (AvgIpc) is 3.00. The number of carbonyl (C=O) groups excluding carboxylic acids is 1. The number of pyridine rings is 1. The number of benzene rings is 1. The van der Waals surface area contributed by atoms with Crippen molar-refractivity contribution in [3.63, 3.8) is 0 Å². The summed E-state index contributed by atoms with van der Waals surface area (Å²) in [5.74, 6) is 1.70. The van der Waals surface area contributed by atoms with Crippen molar-refractivity contribution in [3.8, 4) is 11.1 Å². The molecule has 4 heteroatoms. The molecule has 1 aliphatic heterocycles. The minimum absolute atomic E-state index is 0.00970. The fourth-order valence-corrected chi connectivity index (χ4v) is 5.67. The largest absolute Gasteiger partial charge is 0.462 e. The van der Waals surface area contributed by atoms with Gasteiger partial charge in [0.2, 0.25) is 0 Å². The molecule has 1 aromatic heterocycles. The van der Waals surface area contributed by atoms with Crippen molar-refractivity contribution in [2.24, 2.45) is 29.6 Å². The number of esters is 1. The van der Waals surface area contributed by atoms with E-state index in [-0.39, 0.29) is 23.9 Å². The third-order valence-corrected chi connectivity index (χ3v) is 7.17. The second kappa shape index (κ2) is 8.31. The molecule has 2 aromatic rings. The number of allylic oxidation sites excluding steroid dienone is 1. The van der Waals surface area contributed by atoms with Crippen LogP contribution in [0.15, 0.2) is 48.7 Å². The van der Waals surface area contributed by atoms with Crippen LogP contribution in [0.5, 0.6) is 0 Å². The summed E-state index contributed by atoms with van der Waals surface area (Å²) in [6, 6.07) is 11.9. The topological polar surface area (TPSA) is 39.2 Å². The minimum Gasteiger partial charge on any atom is -0.462 e. The highest BCUT2D eigenvalue weighted by molar-refractivity contribution is 6.33. The second-order valence-corrected chi connectivity index (χ2v) is 8.91. The molecule has 4 rings (SSSR count). The number of rotatable bonds is 4. The number of aromatic nitrogens is 1. The summed E-state index contributed by atoms with van der Waals surface area (Å²) < 4.78 is 5.61. The maximum Gasteiger partial charge on any atom is 0.309 e. The van der Waals surface area contributed by atoms with E-state index >= 15 is 0 Å². The van der Waals surface area contributed by atoms with Crippen LogP contribution in [0.1, 0.15) is 39.3 Å². The van der Waals surface area contributed by atoms with E-state index < -0.39 is 0 Å². The second-order valence-electron chi connectivity index (χ2n) is 8.50. The van der Waals surface area contributed by atoms with Gasteiger partial charge in [-0.3, -0.25) is 9.78 Å². The Labute approximate surface area is 178 Å². The van der Waals surface area contributed by atoms with Crippen molar-refractivity contribution in [3.05, 3.63) is 59.4 Å². The molecule has 0 radical (unpaired) electrons. The molecule has 6 atom stereocenters. The maximum atomic E-state index is 12.3. The summed E-state index contributed by atoms with van der Waals surface area (Å²) in [4.78, 5) is 16.9. The van der Waals surface area contributed by atoms with E-state index in [0.29, 0.717) is 17.8 Å². The number of carbonyl (C=O) groups is 1. The van der Waals surface area contributed by atoms with Gasteiger partial charge in [0.25, 0.3) is 0 Å². The lowest BCUT2D eigenvalue weighted by Crippen LogP contribution is -2.40. The van der Waals surface area contributed by atoms with Crippen LogP contribution in [0.4, 0.5) is 0 Å². The third-order valence-electron chi connectivity index (χ3n) is 6.84. The van der Waals surface area contributed by atoms with Crippen LogP contribution < -0.4 is 0 Å². The number of cyclic esters (lactones) is 1. The van der Waals surface area contributed by atoms with E-state index in [4.69, 9.17) is 16.3 Å². The number of fused-ring (bicyclic) bond motifs is 1. The van der Waals surface area contributed by atoms with Crippen molar-refractivity contribution >= 4 is 23.6 Å². The molecule has 1 saturated carbocycles. The Kier molecular flexibility index (Phi) is 5.78. The van der Waals surface area contributed by atoms with E-state index in [0.717, 1.165) is 34.7 Å². The standard InChI is InChI=1S/C25H28ClNO2/c1-4-19-15(2)13-22-24(16(3)29-25(22)28)21(19)12-11-18-10-9-17(14-27-18)20-7-5-6-8-23(20)26/h5-12,14-16,19,21-22,24H,4,13H2,1-3H3/b12-11+/t15-,16+,19+,21-,22+,24-/m0/s1. The van der Waals surface area contributed by atoms with E-state index in [1.807, 2.05) is 43.5 Å². The normalized spacial score (nSPS) is 31.7. The van der Waals surface area contributed by atoms with Gasteiger partial charge in [0.15, 0.2) is 0 Å². The van der Waals surface area contributed by atoms with Crippen LogP contribution in [-0.2, 0) is 9.53 Å². The number of halogens is 1. The minimum atomic E-state index is -0.0146. The zero-order valence-electron chi connectivity index (χ0n) is 17.2. The van der Waals surface area contributed by atoms with Crippen LogP contribution in [0.25, 0.3) is 17.2 Å². The Hall–Kier alpha value is -2.13. The van der Waals surface area contributed by atoms with E-state index in [9.17, 15) is 4.79 Å². The molecule has 1 aliphatic carbocycles. The third kappa shape index (κ3) is 3.85. The lowest BCUT2D eigenvalue weighted by atomic mass is 9.61. The summed E-state index contributed by atoms with van der Waals surface area (Å²) >= 11 is 6.30. The van der Waals surface area contributed by atoms with Gasteiger partial charge in [0.1, 0.15) is 6.10 Å². The molecular weight excluding hydrogens is 382 g/mol. The Balaban J connectivity index is 1.58. The highest BCUT2D eigenvalue weighted by Gasteiger charge is 2.52. The highest BCUT2D eigenvalue weighted by atomic mass is 35.5. The van der Waals surface area contributed by atoms with E-state index in [1.165, 1.54) is 0 Å². The number of ether oxygens (including phenoxy) is 1. The molecule has 1 aromatic carbocycles. The molecule has 0 unspecified atom stereocenters. The number of hydrogen-bond acceptors (Lipinski definition) is 3. The van der Waals surface area contributed by atoms with Crippen molar-refractivity contribution in [1.82, 2.24) is 4.98 Å². The quantitative estimate of drug-likeness (QED) is 0.558. The van der Waals surface area contributed by atoms with Gasteiger partial charge in [-0.1, -0.05) is 62.2 Å². The zero-order chi connectivity index (χ0) is 20.5. The van der Waals surface area contributed by atoms with Crippen LogP contribution in [-0.4, -0.2) is 17.1 Å².